The summed E-state index contributed by atoms with van der Waals surface area (Å²) < 4.78 is 5.42. The van der Waals surface area contributed by atoms with E-state index < -0.39 is 8.32 Å². The quantitative estimate of drug-likeness (QED) is 0.847. The third-order valence-corrected chi connectivity index (χ3v) is 4.48. The number of benzene rings is 1. The van der Waals surface area contributed by atoms with Gasteiger partial charge in [0.1, 0.15) is 0 Å². The normalized spacial score (nSPS) is 11.8. The van der Waals surface area contributed by atoms with Crippen LogP contribution in [0.4, 0.5) is 0 Å². The summed E-state index contributed by atoms with van der Waals surface area (Å²) in [4.78, 5) is 10.4. The van der Waals surface area contributed by atoms with Gasteiger partial charge >= 0.3 is 0 Å². The van der Waals surface area contributed by atoms with E-state index >= 15 is 0 Å². The van der Waals surface area contributed by atoms with Crippen LogP contribution in [-0.4, -0.2) is 18.3 Å². The van der Waals surface area contributed by atoms with Crippen LogP contribution in [0.25, 0.3) is 11.3 Å². The Labute approximate surface area is 102 Å². The molecule has 3 nitrogen and oxygen atoms in total. The van der Waals surface area contributed by atoms with Crippen molar-refractivity contribution < 1.29 is 9.32 Å². The Morgan fingerprint density at radius 1 is 1.24 bits per heavy atom. The van der Waals surface area contributed by atoms with E-state index in [1.165, 1.54) is 0 Å². The van der Waals surface area contributed by atoms with Gasteiger partial charge in [-0.15, -0.1) is 0 Å². The number of aromatic nitrogens is 1. The van der Waals surface area contributed by atoms with Crippen LogP contribution in [0.15, 0.2) is 34.9 Å². The van der Waals surface area contributed by atoms with E-state index in [9.17, 15) is 4.80 Å². The molecule has 0 aliphatic rings. The number of hydrogen-bond donors (Lipinski definition) is 1. The molecule has 0 aliphatic heterocycles. The van der Waals surface area contributed by atoms with Gasteiger partial charge in [-0.25, -0.2) is 0 Å². The van der Waals surface area contributed by atoms with Gasteiger partial charge in [-0.3, -0.25) is 0 Å². The van der Waals surface area contributed by atoms with Crippen LogP contribution < -0.4 is 5.19 Å². The molecule has 0 unspecified atom stereocenters. The van der Waals surface area contributed by atoms with Crippen LogP contribution in [0.1, 0.15) is 12.6 Å². The van der Waals surface area contributed by atoms with E-state index in [1.807, 2.05) is 50.3 Å². The van der Waals surface area contributed by atoms with Crippen LogP contribution in [0.3, 0.4) is 0 Å². The Morgan fingerprint density at radius 3 is 2.41 bits per heavy atom. The van der Waals surface area contributed by atoms with Crippen molar-refractivity contribution in [2.24, 2.45) is 0 Å². The molecule has 0 saturated heterocycles. The van der Waals surface area contributed by atoms with E-state index in [2.05, 4.69) is 5.16 Å². The van der Waals surface area contributed by atoms with Crippen molar-refractivity contribution in [3.8, 4) is 11.3 Å². The molecular weight excluding hydrogens is 230 g/mol. The van der Waals surface area contributed by atoms with Crippen molar-refractivity contribution in [1.29, 1.82) is 0 Å². The third kappa shape index (κ3) is 2.32. The molecule has 4 heteroatoms. The van der Waals surface area contributed by atoms with Crippen LogP contribution in [0, 0.1) is 0 Å². The zero-order valence-corrected chi connectivity index (χ0v) is 11.4. The second-order valence-corrected chi connectivity index (χ2v) is 8.23. The Kier molecular flexibility index (Phi) is 3.17. The fourth-order valence-electron chi connectivity index (χ4n) is 1.98. The summed E-state index contributed by atoms with van der Waals surface area (Å²) in [5.74, 6) is 0.724. The first-order valence-electron chi connectivity index (χ1n) is 5.81. The summed E-state index contributed by atoms with van der Waals surface area (Å²) in [6.45, 7) is 5.81. The summed E-state index contributed by atoms with van der Waals surface area (Å²) in [6.07, 6.45) is 0.780. The zero-order valence-electron chi connectivity index (χ0n) is 10.4. The van der Waals surface area contributed by atoms with Gasteiger partial charge in [-0.1, -0.05) is 42.4 Å². The minimum Gasteiger partial charge on any atom is -0.428 e. The van der Waals surface area contributed by atoms with Gasteiger partial charge in [0.15, 0.2) is 5.76 Å². The summed E-state index contributed by atoms with van der Waals surface area (Å²) in [5, 5.41) is 5.00. The molecule has 1 aromatic carbocycles. The first-order chi connectivity index (χ1) is 8.04. The molecule has 0 spiro atoms. The van der Waals surface area contributed by atoms with Gasteiger partial charge in [0.2, 0.25) is 8.32 Å². The van der Waals surface area contributed by atoms with Crippen LogP contribution >= 0.6 is 0 Å². The number of nitrogens with zero attached hydrogens (tertiary/aromatic N) is 1. The van der Waals surface area contributed by atoms with Crippen molar-refractivity contribution >= 4 is 13.5 Å². The molecule has 1 N–H and O–H groups in total. The van der Waals surface area contributed by atoms with E-state index in [0.29, 0.717) is 0 Å². The second-order valence-electron chi connectivity index (χ2n) is 4.61. The molecule has 2 rings (SSSR count). The fraction of sp³-hybridized carbons (Fsp3) is 0.308. The smallest absolute Gasteiger partial charge is 0.220 e. The highest BCUT2D eigenvalue weighted by molar-refractivity contribution is 6.84. The highest BCUT2D eigenvalue weighted by Gasteiger charge is 2.31. The standard InChI is InChI=1S/C13H17NO2Si/c1-4-11-13(17(2,3)15)12(16-14-11)10-8-6-5-7-9-10/h5-9,15H,4H2,1-3H3. The highest BCUT2D eigenvalue weighted by atomic mass is 28.4. The molecular formula is C13H17NO2Si. The van der Waals surface area contributed by atoms with E-state index in [0.717, 1.165) is 28.6 Å². The lowest BCUT2D eigenvalue weighted by molar-refractivity contribution is 0.424. The predicted molar refractivity (Wildman–Crippen MR) is 70.7 cm³/mol. The van der Waals surface area contributed by atoms with Gasteiger partial charge in [0.05, 0.1) is 5.69 Å². The van der Waals surface area contributed by atoms with Gasteiger partial charge in [-0.05, 0) is 19.5 Å². The largest absolute Gasteiger partial charge is 0.428 e. The molecule has 0 amide bonds. The third-order valence-electron chi connectivity index (χ3n) is 2.75. The first kappa shape index (κ1) is 12.1. The van der Waals surface area contributed by atoms with Crippen molar-refractivity contribution in [1.82, 2.24) is 5.16 Å². The maximum atomic E-state index is 10.4. The molecule has 0 radical (unpaired) electrons. The maximum absolute atomic E-state index is 10.4. The predicted octanol–water partition coefficient (Wildman–Crippen LogP) is 2.31. The van der Waals surface area contributed by atoms with E-state index in [-0.39, 0.29) is 0 Å². The van der Waals surface area contributed by atoms with Gasteiger partial charge in [-0.2, -0.15) is 0 Å². The average Bonchev–Trinajstić information content (AvgIpc) is 2.73. The average molecular weight is 247 g/mol. The Balaban J connectivity index is 2.60. The first-order valence-corrected chi connectivity index (χ1v) is 8.75. The van der Waals surface area contributed by atoms with Crippen LogP contribution in [0.2, 0.25) is 13.1 Å². The number of rotatable bonds is 3. The molecule has 1 aromatic heterocycles. The SMILES string of the molecule is CCc1noc(-c2ccccc2)c1[Si](C)(C)O. The minimum atomic E-state index is -2.43. The molecule has 17 heavy (non-hydrogen) atoms. The molecule has 0 atom stereocenters. The molecule has 90 valence electrons. The molecule has 2 aromatic rings. The van der Waals surface area contributed by atoms with Gasteiger partial charge in [0, 0.05) is 10.8 Å². The topological polar surface area (TPSA) is 46.3 Å². The summed E-state index contributed by atoms with van der Waals surface area (Å²) in [5.41, 5.74) is 1.85. The number of aryl methyl sites for hydroxylation is 1. The van der Waals surface area contributed by atoms with E-state index in [4.69, 9.17) is 4.52 Å². The molecule has 0 bridgehead atoms. The maximum Gasteiger partial charge on any atom is 0.220 e. The van der Waals surface area contributed by atoms with Crippen molar-refractivity contribution in [2.45, 2.75) is 26.4 Å². The highest BCUT2D eigenvalue weighted by Crippen LogP contribution is 2.21. The van der Waals surface area contributed by atoms with Crippen LogP contribution in [0.5, 0.6) is 0 Å². The molecule has 0 aliphatic carbocycles. The molecule has 0 fully saturated rings. The fourth-order valence-corrected chi connectivity index (χ4v) is 3.66. The van der Waals surface area contributed by atoms with Crippen molar-refractivity contribution in [3.05, 3.63) is 36.0 Å². The Bertz CT molecular complexity index is 500. The van der Waals surface area contributed by atoms with E-state index in [1.54, 1.807) is 0 Å². The van der Waals surface area contributed by atoms with Gasteiger partial charge in [0.25, 0.3) is 0 Å². The van der Waals surface area contributed by atoms with Crippen molar-refractivity contribution in [3.63, 3.8) is 0 Å². The monoisotopic (exact) mass is 247 g/mol. The van der Waals surface area contributed by atoms with Crippen molar-refractivity contribution in [2.75, 3.05) is 0 Å². The molecule has 0 saturated carbocycles. The summed E-state index contributed by atoms with van der Waals surface area (Å²) in [6, 6.07) is 9.83. The Hall–Kier alpha value is -1.39. The zero-order chi connectivity index (χ0) is 12.5. The van der Waals surface area contributed by atoms with Crippen LogP contribution in [-0.2, 0) is 6.42 Å². The lowest BCUT2D eigenvalue weighted by Gasteiger charge is -2.14. The Morgan fingerprint density at radius 2 is 1.88 bits per heavy atom. The lowest BCUT2D eigenvalue weighted by atomic mass is 10.1. The molecule has 1 heterocycles. The van der Waals surface area contributed by atoms with Gasteiger partial charge < -0.3 is 9.32 Å². The minimum absolute atomic E-state index is 0.724. The number of hydrogen-bond acceptors (Lipinski definition) is 3. The second kappa shape index (κ2) is 4.47. The summed E-state index contributed by atoms with van der Waals surface area (Å²) >= 11 is 0. The lowest BCUT2D eigenvalue weighted by Crippen LogP contribution is -2.43. The summed E-state index contributed by atoms with van der Waals surface area (Å²) in [7, 11) is -2.43.